The Bertz CT molecular complexity index is 1010. The van der Waals surface area contributed by atoms with Crippen LogP contribution >= 0.6 is 0 Å². The van der Waals surface area contributed by atoms with Crippen molar-refractivity contribution >= 4 is 16.6 Å². The van der Waals surface area contributed by atoms with Crippen molar-refractivity contribution in [2.45, 2.75) is 44.4 Å². The van der Waals surface area contributed by atoms with Gasteiger partial charge in [-0.25, -0.2) is 0 Å². The Morgan fingerprint density at radius 1 is 0.968 bits per heavy atom. The summed E-state index contributed by atoms with van der Waals surface area (Å²) in [6, 6.07) is 19.8. The Balaban J connectivity index is 1.04. The van der Waals surface area contributed by atoms with Gasteiger partial charge in [-0.05, 0) is 92.0 Å². The second-order valence-corrected chi connectivity index (χ2v) is 8.93. The molecule has 1 fully saturated rings. The van der Waals surface area contributed by atoms with E-state index in [1.807, 2.05) is 6.07 Å². The third-order valence-electron chi connectivity index (χ3n) is 6.84. The number of pyridine rings is 1. The van der Waals surface area contributed by atoms with Crippen LogP contribution in [0.4, 0.5) is 5.82 Å². The predicted octanol–water partition coefficient (Wildman–Crippen LogP) is 5.63. The average Bonchev–Trinajstić information content (AvgIpc) is 2.84. The molecule has 2 aliphatic rings. The van der Waals surface area contributed by atoms with Crippen LogP contribution in [0.25, 0.3) is 10.8 Å². The van der Waals surface area contributed by atoms with Gasteiger partial charge in [0.25, 0.3) is 0 Å². The van der Waals surface area contributed by atoms with Crippen molar-refractivity contribution in [1.82, 2.24) is 9.88 Å². The Morgan fingerprint density at radius 3 is 2.77 bits per heavy atom. The molecule has 0 atom stereocenters. The van der Waals surface area contributed by atoms with Gasteiger partial charge in [0.2, 0.25) is 5.88 Å². The molecule has 162 valence electrons. The van der Waals surface area contributed by atoms with Crippen molar-refractivity contribution in [1.29, 1.82) is 0 Å². The molecule has 0 spiro atoms. The van der Waals surface area contributed by atoms with E-state index < -0.39 is 0 Å². The molecule has 2 aromatic carbocycles. The molecule has 0 aliphatic carbocycles. The summed E-state index contributed by atoms with van der Waals surface area (Å²) in [5.74, 6) is 2.45. The van der Waals surface area contributed by atoms with E-state index in [-0.39, 0.29) is 0 Å². The molecule has 1 aromatic heterocycles. The van der Waals surface area contributed by atoms with Crippen molar-refractivity contribution in [3.05, 3.63) is 65.7 Å². The zero-order valence-electron chi connectivity index (χ0n) is 18.4. The normalized spacial score (nSPS) is 17.3. The molecule has 31 heavy (non-hydrogen) atoms. The van der Waals surface area contributed by atoms with Crippen LogP contribution in [0.5, 0.6) is 5.88 Å². The topological polar surface area (TPSA) is 37.4 Å². The van der Waals surface area contributed by atoms with Gasteiger partial charge in [-0.15, -0.1) is 0 Å². The van der Waals surface area contributed by atoms with Crippen LogP contribution in [0.3, 0.4) is 0 Å². The van der Waals surface area contributed by atoms with Crippen LogP contribution in [-0.2, 0) is 6.42 Å². The van der Waals surface area contributed by atoms with Gasteiger partial charge in [0.05, 0.1) is 6.61 Å². The van der Waals surface area contributed by atoms with Crippen LogP contribution in [0.1, 0.15) is 49.1 Å². The van der Waals surface area contributed by atoms with Crippen molar-refractivity contribution < 1.29 is 4.74 Å². The minimum absolute atomic E-state index is 0.689. The highest BCUT2D eigenvalue weighted by Crippen LogP contribution is 2.33. The van der Waals surface area contributed by atoms with E-state index in [9.17, 15) is 0 Å². The molecule has 1 saturated heterocycles. The number of hydrogen-bond donors (Lipinski definition) is 1. The zero-order valence-corrected chi connectivity index (χ0v) is 18.4. The summed E-state index contributed by atoms with van der Waals surface area (Å²) in [6.45, 7) is 5.34. The second-order valence-electron chi connectivity index (χ2n) is 8.93. The van der Waals surface area contributed by atoms with Gasteiger partial charge in [-0.2, -0.15) is 4.98 Å². The van der Waals surface area contributed by atoms with Crippen LogP contribution in [-0.4, -0.2) is 42.7 Å². The molecule has 0 radical (unpaired) electrons. The Morgan fingerprint density at radius 2 is 1.84 bits per heavy atom. The number of likely N-dealkylation sites (tertiary alicyclic amines) is 1. The molecule has 1 N–H and O–H groups in total. The highest BCUT2D eigenvalue weighted by molar-refractivity contribution is 5.86. The summed E-state index contributed by atoms with van der Waals surface area (Å²) in [5.41, 5.74) is 2.85. The number of aromatic nitrogens is 1. The first-order valence-electron chi connectivity index (χ1n) is 11.9. The van der Waals surface area contributed by atoms with Gasteiger partial charge in [0, 0.05) is 12.6 Å². The summed E-state index contributed by atoms with van der Waals surface area (Å²) in [7, 11) is 0. The molecule has 0 bridgehead atoms. The van der Waals surface area contributed by atoms with Gasteiger partial charge >= 0.3 is 0 Å². The van der Waals surface area contributed by atoms with Gasteiger partial charge in [-0.3, -0.25) is 0 Å². The number of benzene rings is 2. The molecule has 3 aromatic rings. The quantitative estimate of drug-likeness (QED) is 0.507. The van der Waals surface area contributed by atoms with Gasteiger partial charge in [0.1, 0.15) is 5.82 Å². The standard InChI is InChI=1S/C27H33N3O/c1-2-10-24-21(7-1)8-5-11-25(24)22-14-18-30(19-15-22)17-3-4-20-31-26-13-12-23-9-6-16-28-27(23)29-26/h1-2,5,7-8,10-13,22H,3-4,6,9,14-20H2,(H,28,29). The Hall–Kier alpha value is -2.59. The third-order valence-corrected chi connectivity index (χ3v) is 6.84. The molecule has 4 nitrogen and oxygen atoms in total. The molecule has 0 saturated carbocycles. The first-order chi connectivity index (χ1) is 15.4. The lowest BCUT2D eigenvalue weighted by Gasteiger charge is -2.32. The maximum atomic E-state index is 5.91. The van der Waals surface area contributed by atoms with E-state index in [1.165, 1.54) is 67.2 Å². The number of nitrogens with zero attached hydrogens (tertiary/aromatic N) is 2. The molecule has 5 rings (SSSR count). The maximum absolute atomic E-state index is 5.91. The minimum atomic E-state index is 0.689. The van der Waals surface area contributed by atoms with Crippen molar-refractivity contribution in [2.75, 3.05) is 38.1 Å². The minimum Gasteiger partial charge on any atom is -0.478 e. The monoisotopic (exact) mass is 415 g/mol. The van der Waals surface area contributed by atoms with Crippen molar-refractivity contribution in [3.63, 3.8) is 0 Å². The predicted molar refractivity (Wildman–Crippen MR) is 128 cm³/mol. The number of piperidine rings is 1. The van der Waals surface area contributed by atoms with Crippen LogP contribution in [0.15, 0.2) is 54.6 Å². The van der Waals surface area contributed by atoms with Gasteiger partial charge < -0.3 is 15.0 Å². The fraction of sp³-hybridized carbons (Fsp3) is 0.444. The zero-order chi connectivity index (χ0) is 20.9. The number of aryl methyl sites for hydroxylation is 1. The van der Waals surface area contributed by atoms with E-state index in [2.05, 4.69) is 63.7 Å². The first-order valence-corrected chi connectivity index (χ1v) is 11.9. The van der Waals surface area contributed by atoms with E-state index in [0.717, 1.165) is 37.7 Å². The van der Waals surface area contributed by atoms with Crippen molar-refractivity contribution in [2.24, 2.45) is 0 Å². The van der Waals surface area contributed by atoms with E-state index in [1.54, 1.807) is 0 Å². The third kappa shape index (κ3) is 4.85. The number of fused-ring (bicyclic) bond motifs is 2. The average molecular weight is 416 g/mol. The molecule has 3 heterocycles. The number of nitrogens with one attached hydrogen (secondary N) is 1. The Kier molecular flexibility index (Phi) is 6.35. The fourth-order valence-corrected chi connectivity index (χ4v) is 5.08. The lowest BCUT2D eigenvalue weighted by Crippen LogP contribution is -2.33. The summed E-state index contributed by atoms with van der Waals surface area (Å²) in [5, 5.41) is 6.18. The van der Waals surface area contributed by atoms with E-state index in [4.69, 9.17) is 4.74 Å². The van der Waals surface area contributed by atoms with Gasteiger partial charge in [0.15, 0.2) is 0 Å². The summed E-state index contributed by atoms with van der Waals surface area (Å²) >= 11 is 0. The molecule has 0 unspecified atom stereocenters. The lowest BCUT2D eigenvalue weighted by atomic mass is 9.86. The smallest absolute Gasteiger partial charge is 0.215 e. The number of rotatable bonds is 7. The lowest BCUT2D eigenvalue weighted by molar-refractivity contribution is 0.202. The first kappa shape index (κ1) is 20.3. The second kappa shape index (κ2) is 9.69. The van der Waals surface area contributed by atoms with Crippen LogP contribution < -0.4 is 10.1 Å². The fourth-order valence-electron chi connectivity index (χ4n) is 5.08. The molecular formula is C27H33N3O. The Labute approximate surface area is 185 Å². The summed E-state index contributed by atoms with van der Waals surface area (Å²) in [6.07, 6.45) is 7.09. The highest BCUT2D eigenvalue weighted by Gasteiger charge is 2.21. The molecule has 0 amide bonds. The number of unbranched alkanes of at least 4 members (excludes halogenated alkanes) is 1. The highest BCUT2D eigenvalue weighted by atomic mass is 16.5. The maximum Gasteiger partial charge on any atom is 0.215 e. The van der Waals surface area contributed by atoms with Gasteiger partial charge in [-0.1, -0.05) is 42.5 Å². The van der Waals surface area contributed by atoms with Crippen molar-refractivity contribution in [3.8, 4) is 5.88 Å². The number of hydrogen-bond acceptors (Lipinski definition) is 4. The largest absolute Gasteiger partial charge is 0.478 e. The SMILES string of the molecule is c1ccc2c(C3CCN(CCCCOc4ccc5c(n4)NCCC5)CC3)cccc2c1. The summed E-state index contributed by atoms with van der Waals surface area (Å²) in [4.78, 5) is 7.24. The van der Waals surface area contributed by atoms with Crippen LogP contribution in [0.2, 0.25) is 0 Å². The van der Waals surface area contributed by atoms with E-state index >= 15 is 0 Å². The number of ether oxygens (including phenoxy) is 1. The molecule has 2 aliphatic heterocycles. The molecule has 4 heteroatoms. The van der Waals surface area contributed by atoms with Crippen LogP contribution in [0, 0.1) is 0 Å². The molecular weight excluding hydrogens is 382 g/mol. The van der Waals surface area contributed by atoms with E-state index in [0.29, 0.717) is 5.92 Å². The summed E-state index contributed by atoms with van der Waals surface area (Å²) < 4.78 is 5.91. The number of anilines is 1.